The van der Waals surface area contributed by atoms with Crippen LogP contribution in [-0.4, -0.2) is 4.03 Å². The molecule has 3 heteroatoms. The van der Waals surface area contributed by atoms with Gasteiger partial charge in [-0.15, -0.1) is 0 Å². The molecule has 0 bridgehead atoms. The van der Waals surface area contributed by atoms with Crippen molar-refractivity contribution in [3.05, 3.63) is 6.92 Å². The van der Waals surface area contributed by atoms with Crippen LogP contribution in [0.15, 0.2) is 0 Å². The Morgan fingerprint density at radius 3 is 1.80 bits per heavy atom. The van der Waals surface area contributed by atoms with E-state index in [1.54, 1.807) is 6.92 Å². The van der Waals surface area contributed by atoms with Gasteiger partial charge in [0.15, 0.2) is 0 Å². The third-order valence-electron chi connectivity index (χ3n) is 0. The van der Waals surface area contributed by atoms with Gasteiger partial charge in [0, 0.05) is 0 Å². The minimum atomic E-state index is -1.56. The van der Waals surface area contributed by atoms with Crippen molar-refractivity contribution in [2.75, 3.05) is 0 Å². The molecule has 0 radical (unpaired) electrons. The first-order valence-electron chi connectivity index (χ1n) is 1.09. The van der Waals surface area contributed by atoms with E-state index < -0.39 is 16.6 Å². The fourth-order valence-electron chi connectivity index (χ4n) is 0. The van der Waals surface area contributed by atoms with Gasteiger partial charge in [-0.05, 0) is 0 Å². The van der Waals surface area contributed by atoms with Crippen LogP contribution >= 0.6 is 0 Å². The summed E-state index contributed by atoms with van der Waals surface area (Å²) in [7, 11) is 0. The summed E-state index contributed by atoms with van der Waals surface area (Å²) in [6.07, 6.45) is 0. The maximum absolute atomic E-state index is 8.58. The van der Waals surface area contributed by atoms with E-state index in [9.17, 15) is 0 Å². The second-order valence-corrected chi connectivity index (χ2v) is 0.337. The fraction of sp³-hybridized carbons (Fsp3) is 0.500. The van der Waals surface area contributed by atoms with Crippen molar-refractivity contribution in [2.24, 2.45) is 0 Å². The van der Waals surface area contributed by atoms with Crippen LogP contribution in [0.5, 0.6) is 0 Å². The van der Waals surface area contributed by atoms with E-state index in [1.165, 1.54) is 0 Å². The molecule has 0 unspecified atom stereocenters. The first kappa shape index (κ1) is 9.02. The van der Waals surface area contributed by atoms with Gasteiger partial charge in [-0.3, -0.25) is 0 Å². The van der Waals surface area contributed by atoms with Crippen molar-refractivity contribution in [3.63, 3.8) is 0 Å². The van der Waals surface area contributed by atoms with E-state index in [2.05, 4.69) is 6.92 Å². The van der Waals surface area contributed by atoms with E-state index in [1.807, 2.05) is 0 Å². The molecule has 0 amide bonds. The quantitative estimate of drug-likeness (QED) is 0.454. The summed E-state index contributed by atoms with van der Waals surface area (Å²) in [5, 5.41) is 0. The predicted molar refractivity (Wildman–Crippen MR) is 13.9 cm³/mol. The monoisotopic (exact) mass is 113 g/mol. The van der Waals surface area contributed by atoms with Crippen LogP contribution in [0.3, 0.4) is 0 Å². The normalized spacial score (nSPS) is 3.80. The zero-order valence-corrected chi connectivity index (χ0v) is 4.41. The third kappa shape index (κ3) is 201. The van der Waals surface area contributed by atoms with Crippen molar-refractivity contribution in [1.29, 1.82) is 0 Å². The Bertz CT molecular complexity index is 15.1. The molecule has 0 aromatic rings. The van der Waals surface area contributed by atoms with E-state index >= 15 is 0 Å². The second-order valence-electron chi connectivity index (χ2n) is 0.0816. The molecular weight excluding hydrogens is 107 g/mol. The molecule has 0 aliphatic carbocycles. The molecule has 0 saturated carbocycles. The van der Waals surface area contributed by atoms with Crippen molar-refractivity contribution in [1.82, 2.24) is 0 Å². The Kier molecular flexibility index (Phi) is 48.5. The number of rotatable bonds is 0. The SMILES string of the molecule is [CH2-]C.[O]=[V][OH]. The van der Waals surface area contributed by atoms with Gasteiger partial charge in [0.1, 0.15) is 0 Å². The first-order chi connectivity index (χ1) is 2.41. The van der Waals surface area contributed by atoms with Crippen LogP contribution < -0.4 is 0 Å². The van der Waals surface area contributed by atoms with Crippen LogP contribution in [0, 0.1) is 6.92 Å². The fourth-order valence-corrected chi connectivity index (χ4v) is 0. The zero-order chi connectivity index (χ0) is 4.71. The molecule has 1 N–H and O–H groups in total. The average Bonchev–Trinajstić information content (AvgIpc) is 1.46. The van der Waals surface area contributed by atoms with Gasteiger partial charge in [-0.25, -0.2) is 0 Å². The van der Waals surface area contributed by atoms with Gasteiger partial charge >= 0.3 is 24.3 Å². The summed E-state index contributed by atoms with van der Waals surface area (Å²) in [5.74, 6) is 0. The minimum absolute atomic E-state index is 1.56. The van der Waals surface area contributed by atoms with Crippen LogP contribution in [0.25, 0.3) is 0 Å². The van der Waals surface area contributed by atoms with E-state index in [4.69, 9.17) is 7.71 Å². The topological polar surface area (TPSA) is 37.3 Å². The molecular formula is C2H6O2V-. The molecule has 0 aliphatic heterocycles. The summed E-state index contributed by atoms with van der Waals surface area (Å²) < 4.78 is 15.7. The number of hydrogen-bond acceptors (Lipinski definition) is 1. The van der Waals surface area contributed by atoms with Gasteiger partial charge in [-0.2, -0.15) is 6.92 Å². The van der Waals surface area contributed by atoms with Crippen LogP contribution in [-0.2, 0) is 20.3 Å². The van der Waals surface area contributed by atoms with Crippen molar-refractivity contribution in [2.45, 2.75) is 6.92 Å². The molecule has 32 valence electrons. The molecule has 0 rings (SSSR count). The Hall–Kier alpha value is 0.344. The standard InChI is InChI=1S/C2H5.H2O.O.V/c1-2;;;/h1H2,2H3;1H2;;/q-1;;;+1/p-1. The van der Waals surface area contributed by atoms with Gasteiger partial charge in [0.25, 0.3) is 0 Å². The molecule has 0 fully saturated rings. The first-order valence-corrected chi connectivity index (χ1v) is 2.28. The van der Waals surface area contributed by atoms with E-state index in [0.717, 1.165) is 0 Å². The molecule has 5 heavy (non-hydrogen) atoms. The molecule has 0 atom stereocenters. The van der Waals surface area contributed by atoms with Crippen LogP contribution in [0.4, 0.5) is 0 Å². The molecule has 0 saturated heterocycles. The Balaban J connectivity index is 0. The molecule has 0 spiro atoms. The molecule has 0 aromatic carbocycles. The van der Waals surface area contributed by atoms with Crippen LogP contribution in [0.1, 0.15) is 6.92 Å². The van der Waals surface area contributed by atoms with E-state index in [-0.39, 0.29) is 0 Å². The maximum atomic E-state index is 8.58. The molecule has 0 aromatic heterocycles. The van der Waals surface area contributed by atoms with Crippen molar-refractivity contribution in [3.8, 4) is 0 Å². The zero-order valence-electron chi connectivity index (χ0n) is 3.01. The van der Waals surface area contributed by atoms with Crippen molar-refractivity contribution >= 4 is 0 Å². The predicted octanol–water partition coefficient (Wildman–Crippen LogP) is 0.162. The van der Waals surface area contributed by atoms with Gasteiger partial charge in [-0.1, -0.05) is 0 Å². The summed E-state index contributed by atoms with van der Waals surface area (Å²) in [5.41, 5.74) is 0. The van der Waals surface area contributed by atoms with Crippen molar-refractivity contribution < 1.29 is 24.3 Å². The summed E-state index contributed by atoms with van der Waals surface area (Å²) in [6.45, 7) is 5.00. The third-order valence-corrected chi connectivity index (χ3v) is 0. The van der Waals surface area contributed by atoms with Gasteiger partial charge in [0.2, 0.25) is 0 Å². The summed E-state index contributed by atoms with van der Waals surface area (Å²) >= 11 is -1.56. The van der Waals surface area contributed by atoms with Crippen LogP contribution in [0.2, 0.25) is 0 Å². The second kappa shape index (κ2) is 26.9. The molecule has 0 heterocycles. The average molecular weight is 113 g/mol. The summed E-state index contributed by atoms with van der Waals surface area (Å²) in [4.78, 5) is 0. The Labute approximate surface area is 38.9 Å². The molecule has 0 aliphatic rings. The molecule has 2 nitrogen and oxygen atoms in total. The van der Waals surface area contributed by atoms with Gasteiger partial charge in [0.05, 0.1) is 0 Å². The van der Waals surface area contributed by atoms with Gasteiger partial charge < -0.3 is 6.92 Å². The number of hydrogen-bond donors (Lipinski definition) is 1. The summed E-state index contributed by atoms with van der Waals surface area (Å²) in [6, 6.07) is 0. The Morgan fingerprint density at radius 2 is 1.80 bits per heavy atom. The Morgan fingerprint density at radius 1 is 1.80 bits per heavy atom. The van der Waals surface area contributed by atoms with E-state index in [0.29, 0.717) is 0 Å².